The summed E-state index contributed by atoms with van der Waals surface area (Å²) in [4.78, 5) is 0. The molecule has 4 heteroatoms. The molecule has 0 heterocycles. The van der Waals surface area contributed by atoms with Crippen LogP contribution in [0.4, 0.5) is 0 Å². The second kappa shape index (κ2) is 5.81. The smallest absolute Gasteiger partial charge is 0.0550 e. The normalized spacial score (nSPS) is 9.25. The van der Waals surface area contributed by atoms with Gasteiger partial charge in [0.15, 0.2) is 0 Å². The van der Waals surface area contributed by atoms with Crippen LogP contribution in [-0.4, -0.2) is 6.54 Å². The fraction of sp³-hybridized carbons (Fsp3) is 0.250. The van der Waals surface area contributed by atoms with Gasteiger partial charge in [-0.2, -0.15) is 0 Å². The minimum Gasteiger partial charge on any atom is -0.330 e. The summed E-state index contributed by atoms with van der Waals surface area (Å²) in [5.41, 5.74) is 6.58. The number of nitrogens with two attached hydrogens (primary N) is 1. The molecule has 1 aromatic carbocycles. The molecule has 2 N–H and O–H groups in total. The van der Waals surface area contributed by atoms with E-state index < -0.39 is 0 Å². The maximum atomic E-state index is 5.86. The molecule has 1 rings (SSSR count). The van der Waals surface area contributed by atoms with Gasteiger partial charge in [-0.15, -0.1) is 12.4 Å². The number of hydrogen-bond acceptors (Lipinski definition) is 1. The van der Waals surface area contributed by atoms with Gasteiger partial charge in [-0.3, -0.25) is 0 Å². The Bertz CT molecular complexity index is 253. The molecular weight excluding hydrogens is 261 g/mol. The van der Waals surface area contributed by atoms with E-state index >= 15 is 0 Å². The van der Waals surface area contributed by atoms with Crippen molar-refractivity contribution >= 4 is 39.9 Å². The Morgan fingerprint density at radius 3 is 2.58 bits per heavy atom. The average Bonchev–Trinajstić information content (AvgIpc) is 1.98. The summed E-state index contributed by atoms with van der Waals surface area (Å²) in [6, 6.07) is 5.88. The Balaban J connectivity index is 0.00000121. The zero-order valence-electron chi connectivity index (χ0n) is 6.39. The lowest BCUT2D eigenvalue weighted by Gasteiger charge is -2.00. The Morgan fingerprint density at radius 1 is 1.42 bits per heavy atom. The Hall–Kier alpha value is 0.240. The van der Waals surface area contributed by atoms with Crippen molar-refractivity contribution < 1.29 is 0 Å². The minimum absolute atomic E-state index is 0. The predicted molar refractivity (Wildman–Crippen MR) is 59.2 cm³/mol. The Labute approximate surface area is 91.8 Å². The molecule has 0 saturated heterocycles. The fourth-order valence-corrected chi connectivity index (χ4v) is 1.31. The molecule has 0 saturated carbocycles. The molecule has 0 atom stereocenters. The summed E-state index contributed by atoms with van der Waals surface area (Å²) in [7, 11) is 0. The summed E-state index contributed by atoms with van der Waals surface area (Å²) in [6.07, 6.45) is 0.882. The lowest BCUT2D eigenvalue weighted by Crippen LogP contribution is -2.02. The van der Waals surface area contributed by atoms with Gasteiger partial charge >= 0.3 is 0 Å². The van der Waals surface area contributed by atoms with Crippen LogP contribution in [0.25, 0.3) is 0 Å². The first-order chi connectivity index (χ1) is 5.24. The van der Waals surface area contributed by atoms with Crippen molar-refractivity contribution in [3.63, 3.8) is 0 Å². The minimum atomic E-state index is 0. The summed E-state index contributed by atoms with van der Waals surface area (Å²) < 4.78 is 0.930. The highest BCUT2D eigenvalue weighted by Crippen LogP contribution is 2.23. The topological polar surface area (TPSA) is 26.0 Å². The summed E-state index contributed by atoms with van der Waals surface area (Å²) in [5.74, 6) is 0. The molecule has 0 spiro atoms. The fourth-order valence-electron chi connectivity index (χ4n) is 0.862. The zero-order chi connectivity index (χ0) is 8.27. The van der Waals surface area contributed by atoms with Crippen LogP contribution in [0.1, 0.15) is 5.56 Å². The lowest BCUT2D eigenvalue weighted by atomic mass is 10.2. The van der Waals surface area contributed by atoms with Gasteiger partial charge in [0.05, 0.1) is 5.02 Å². The third-order valence-corrected chi connectivity index (χ3v) is 2.65. The molecule has 0 aromatic heterocycles. The standard InChI is InChI=1S/C8H9BrClN.ClH/c9-7-2-1-6(3-4-11)5-8(7)10;/h1-2,5H,3-4,11H2;1H. The van der Waals surface area contributed by atoms with Crippen LogP contribution in [0.3, 0.4) is 0 Å². The molecular formula is C8H10BrCl2N. The van der Waals surface area contributed by atoms with Crippen LogP contribution in [-0.2, 0) is 6.42 Å². The SMILES string of the molecule is Cl.NCCc1ccc(Br)c(Cl)c1. The van der Waals surface area contributed by atoms with Crippen LogP contribution in [0, 0.1) is 0 Å². The number of hydrogen-bond donors (Lipinski definition) is 1. The molecule has 0 amide bonds. The van der Waals surface area contributed by atoms with Gasteiger partial charge in [0, 0.05) is 4.47 Å². The van der Waals surface area contributed by atoms with Crippen molar-refractivity contribution in [2.45, 2.75) is 6.42 Å². The average molecular weight is 271 g/mol. The van der Waals surface area contributed by atoms with E-state index in [1.165, 1.54) is 5.56 Å². The van der Waals surface area contributed by atoms with Crippen molar-refractivity contribution in [1.29, 1.82) is 0 Å². The van der Waals surface area contributed by atoms with Crippen LogP contribution < -0.4 is 5.73 Å². The van der Waals surface area contributed by atoms with E-state index in [-0.39, 0.29) is 12.4 Å². The highest BCUT2D eigenvalue weighted by atomic mass is 79.9. The Morgan fingerprint density at radius 2 is 2.08 bits per heavy atom. The van der Waals surface area contributed by atoms with Crippen molar-refractivity contribution in [2.24, 2.45) is 5.73 Å². The first kappa shape index (κ1) is 12.2. The molecule has 1 nitrogen and oxygen atoms in total. The van der Waals surface area contributed by atoms with Crippen LogP contribution in [0.15, 0.2) is 22.7 Å². The van der Waals surface area contributed by atoms with Crippen molar-refractivity contribution in [1.82, 2.24) is 0 Å². The maximum Gasteiger partial charge on any atom is 0.0550 e. The molecule has 0 unspecified atom stereocenters. The van der Waals surface area contributed by atoms with Crippen molar-refractivity contribution in [2.75, 3.05) is 6.54 Å². The van der Waals surface area contributed by atoms with E-state index in [1.807, 2.05) is 18.2 Å². The second-order valence-electron chi connectivity index (χ2n) is 2.29. The lowest BCUT2D eigenvalue weighted by molar-refractivity contribution is 0.968. The van der Waals surface area contributed by atoms with Crippen LogP contribution in [0.5, 0.6) is 0 Å². The molecule has 0 aliphatic carbocycles. The Kier molecular flexibility index (Phi) is 5.93. The highest BCUT2D eigenvalue weighted by molar-refractivity contribution is 9.10. The van der Waals surface area contributed by atoms with E-state index in [2.05, 4.69) is 15.9 Å². The maximum absolute atomic E-state index is 5.86. The zero-order valence-corrected chi connectivity index (χ0v) is 9.55. The largest absolute Gasteiger partial charge is 0.330 e. The molecule has 0 bridgehead atoms. The van der Waals surface area contributed by atoms with Gasteiger partial charge in [-0.25, -0.2) is 0 Å². The first-order valence-corrected chi connectivity index (χ1v) is 4.55. The number of halogens is 3. The van der Waals surface area contributed by atoms with Gasteiger partial charge in [0.25, 0.3) is 0 Å². The van der Waals surface area contributed by atoms with Crippen LogP contribution >= 0.6 is 39.9 Å². The van der Waals surface area contributed by atoms with E-state index in [1.54, 1.807) is 0 Å². The first-order valence-electron chi connectivity index (χ1n) is 3.38. The third kappa shape index (κ3) is 3.31. The second-order valence-corrected chi connectivity index (χ2v) is 3.55. The summed E-state index contributed by atoms with van der Waals surface area (Å²) in [5, 5.41) is 0.746. The van der Waals surface area contributed by atoms with Crippen molar-refractivity contribution in [3.05, 3.63) is 33.3 Å². The predicted octanol–water partition coefficient (Wildman–Crippen LogP) is 3.03. The van der Waals surface area contributed by atoms with Gasteiger partial charge in [0.2, 0.25) is 0 Å². The quantitative estimate of drug-likeness (QED) is 0.879. The molecule has 0 aliphatic rings. The summed E-state index contributed by atoms with van der Waals surface area (Å²) in [6.45, 7) is 0.665. The van der Waals surface area contributed by atoms with Crippen LogP contribution in [0.2, 0.25) is 5.02 Å². The van der Waals surface area contributed by atoms with E-state index in [0.29, 0.717) is 6.54 Å². The highest BCUT2D eigenvalue weighted by Gasteiger charge is 1.97. The molecule has 1 aromatic rings. The van der Waals surface area contributed by atoms with E-state index in [4.69, 9.17) is 17.3 Å². The monoisotopic (exact) mass is 269 g/mol. The van der Waals surface area contributed by atoms with Crippen molar-refractivity contribution in [3.8, 4) is 0 Å². The van der Waals surface area contributed by atoms with Gasteiger partial charge in [-0.1, -0.05) is 17.7 Å². The van der Waals surface area contributed by atoms with E-state index in [0.717, 1.165) is 15.9 Å². The molecule has 12 heavy (non-hydrogen) atoms. The van der Waals surface area contributed by atoms with E-state index in [9.17, 15) is 0 Å². The van der Waals surface area contributed by atoms with Gasteiger partial charge in [0.1, 0.15) is 0 Å². The molecule has 0 fully saturated rings. The molecule has 0 aliphatic heterocycles. The number of rotatable bonds is 2. The summed E-state index contributed by atoms with van der Waals surface area (Å²) >= 11 is 9.18. The van der Waals surface area contributed by atoms with Gasteiger partial charge in [-0.05, 0) is 46.6 Å². The van der Waals surface area contributed by atoms with Gasteiger partial charge < -0.3 is 5.73 Å². The number of benzene rings is 1. The third-order valence-electron chi connectivity index (χ3n) is 1.42. The molecule has 68 valence electrons. The molecule has 0 radical (unpaired) electrons.